The second kappa shape index (κ2) is 52.3. The maximum Gasteiger partial charge on any atom is 0.308 e. The molecule has 2 atom stereocenters. The van der Waals surface area contributed by atoms with Crippen LogP contribution in [-0.4, -0.2) is 125 Å². The first-order valence-corrected chi connectivity index (χ1v) is 29.5. The summed E-state index contributed by atoms with van der Waals surface area (Å²) in [7, 11) is 0. The number of nitrogens with one attached hydrogen (secondary N) is 1. The Morgan fingerprint density at radius 3 is 1.27 bits per heavy atom. The highest BCUT2D eigenvalue weighted by Gasteiger charge is 2.20. The van der Waals surface area contributed by atoms with Crippen LogP contribution >= 0.6 is 0 Å². The third kappa shape index (κ3) is 42.5. The minimum atomic E-state index is -0.330. The van der Waals surface area contributed by atoms with E-state index in [9.17, 15) is 14.7 Å². The van der Waals surface area contributed by atoms with Gasteiger partial charge in [-0.2, -0.15) is 0 Å². The van der Waals surface area contributed by atoms with Crippen molar-refractivity contribution in [3.63, 3.8) is 0 Å². The molecule has 0 fully saturated rings. The molecular weight excluding hydrogens is 897 g/mol. The molecule has 13 heteroatoms. The number of nitrogens with zero attached hydrogens (tertiary/aromatic N) is 3. The number of esters is 2. The smallest absolute Gasteiger partial charge is 0.308 e. The molecule has 1 aromatic heterocycles. The highest BCUT2D eigenvalue weighted by atomic mass is 16.6. The van der Waals surface area contributed by atoms with E-state index in [1.54, 1.807) is 0 Å². The number of H-pyrrole nitrogens is 1. The van der Waals surface area contributed by atoms with E-state index in [0.29, 0.717) is 71.8 Å². The zero-order valence-electron chi connectivity index (χ0n) is 46.4. The van der Waals surface area contributed by atoms with Gasteiger partial charge < -0.3 is 43.4 Å². The van der Waals surface area contributed by atoms with E-state index < -0.39 is 0 Å². The molecule has 0 spiro atoms. The molecule has 0 aliphatic carbocycles. The van der Waals surface area contributed by atoms with Crippen molar-refractivity contribution in [2.24, 2.45) is 16.8 Å². The lowest BCUT2D eigenvalue weighted by atomic mass is 9.94. The minimum absolute atomic E-state index is 0.0344. The number of aliphatic imine (C=N–C) groups is 1. The van der Waals surface area contributed by atoms with Gasteiger partial charge >= 0.3 is 11.9 Å². The van der Waals surface area contributed by atoms with Crippen LogP contribution in [0.2, 0.25) is 0 Å². The highest BCUT2D eigenvalue weighted by Crippen LogP contribution is 2.22. The fourth-order valence-electron chi connectivity index (χ4n) is 8.86. The molecule has 416 valence electrons. The van der Waals surface area contributed by atoms with Crippen LogP contribution in [0.25, 0.3) is 0 Å². The summed E-state index contributed by atoms with van der Waals surface area (Å²) < 4.78 is 34.5. The third-order valence-corrected chi connectivity index (χ3v) is 13.4. The van der Waals surface area contributed by atoms with Gasteiger partial charge in [0, 0.05) is 12.4 Å². The van der Waals surface area contributed by atoms with Crippen molar-refractivity contribution in [3.8, 4) is 0 Å². The van der Waals surface area contributed by atoms with E-state index in [1.165, 1.54) is 115 Å². The van der Waals surface area contributed by atoms with Crippen LogP contribution in [0, 0.1) is 11.8 Å². The number of hydrogen-bond donors (Lipinski definition) is 1. The van der Waals surface area contributed by atoms with Crippen molar-refractivity contribution in [2.45, 2.75) is 233 Å². The van der Waals surface area contributed by atoms with Crippen LogP contribution in [-0.2, 0) is 38.0 Å². The molecular formula is C58H109N4O9-. The van der Waals surface area contributed by atoms with Gasteiger partial charge in [0.05, 0.1) is 103 Å². The Bertz CT molecular complexity index is 1240. The Kier molecular flexibility index (Phi) is 48.9. The molecule has 0 saturated carbocycles. The summed E-state index contributed by atoms with van der Waals surface area (Å²) in [5.41, 5.74) is 0.371. The Morgan fingerprint density at radius 1 is 0.479 bits per heavy atom. The van der Waals surface area contributed by atoms with Crippen LogP contribution in [0.15, 0.2) is 17.5 Å². The molecule has 0 aromatic carbocycles. The molecule has 0 radical (unpaired) electrons. The van der Waals surface area contributed by atoms with Gasteiger partial charge in [0.25, 0.3) is 0 Å². The predicted molar refractivity (Wildman–Crippen MR) is 289 cm³/mol. The molecule has 1 heterocycles. The van der Waals surface area contributed by atoms with Crippen LogP contribution < -0.4 is 5.11 Å². The quantitative estimate of drug-likeness (QED) is 0.0287. The van der Waals surface area contributed by atoms with E-state index >= 15 is 0 Å². The molecule has 13 nitrogen and oxygen atoms in total. The van der Waals surface area contributed by atoms with Crippen molar-refractivity contribution < 1.29 is 43.1 Å². The highest BCUT2D eigenvalue weighted by molar-refractivity contribution is 5.88. The van der Waals surface area contributed by atoms with E-state index in [0.717, 1.165) is 122 Å². The summed E-state index contributed by atoms with van der Waals surface area (Å²) in [4.78, 5) is 39.3. The molecule has 0 aliphatic rings. The summed E-state index contributed by atoms with van der Waals surface area (Å²) in [6.45, 7) is 17.1. The zero-order valence-corrected chi connectivity index (χ0v) is 46.4. The monoisotopic (exact) mass is 1010 g/mol. The lowest BCUT2D eigenvalue weighted by molar-refractivity contribution is -0.213. The van der Waals surface area contributed by atoms with Gasteiger partial charge in [-0.25, -0.2) is 4.98 Å². The number of carbonyl (C=O) groups excluding carboxylic acids is 2. The van der Waals surface area contributed by atoms with Gasteiger partial charge in [0.2, 0.25) is 0 Å². The number of aromatic nitrogens is 2. The lowest BCUT2D eigenvalue weighted by Crippen LogP contribution is -2.30. The van der Waals surface area contributed by atoms with Crippen molar-refractivity contribution in [1.29, 1.82) is 0 Å². The molecule has 0 bridgehead atoms. The number of rotatable bonds is 56. The minimum Gasteiger partial charge on any atom is -0.857 e. The number of ether oxygens (including phenoxy) is 6. The predicted octanol–water partition coefficient (Wildman–Crippen LogP) is 12.8. The number of carbonyl (C=O) groups is 2. The van der Waals surface area contributed by atoms with Gasteiger partial charge in [-0.3, -0.25) is 14.6 Å². The van der Waals surface area contributed by atoms with Crippen molar-refractivity contribution >= 4 is 17.8 Å². The Balaban J connectivity index is 2.44. The van der Waals surface area contributed by atoms with Gasteiger partial charge in [-0.1, -0.05) is 182 Å². The van der Waals surface area contributed by atoms with Gasteiger partial charge in [0.15, 0.2) is 0 Å². The molecule has 0 saturated heterocycles. The lowest BCUT2D eigenvalue weighted by Gasteiger charge is -2.22. The van der Waals surface area contributed by atoms with E-state index in [4.69, 9.17) is 28.4 Å². The first kappa shape index (κ1) is 66.4. The summed E-state index contributed by atoms with van der Waals surface area (Å²) >= 11 is 0. The van der Waals surface area contributed by atoms with Crippen LogP contribution in [0.4, 0.5) is 0 Å². The van der Waals surface area contributed by atoms with Crippen LogP contribution in [0.3, 0.4) is 0 Å². The largest absolute Gasteiger partial charge is 0.857 e. The zero-order chi connectivity index (χ0) is 51.3. The van der Waals surface area contributed by atoms with E-state index in [2.05, 4.69) is 47.6 Å². The van der Waals surface area contributed by atoms with Crippen molar-refractivity contribution in [1.82, 2.24) is 14.9 Å². The maximum absolute atomic E-state index is 13.1. The molecule has 2 unspecified atom stereocenters. The Labute approximate surface area is 434 Å². The SMILES string of the molecule is CCCCCCCCC(CCCCCC)C(=O)OCCCCCCN(CCCCCCOC(=O)C(CCCCCC)CCCCCCCC)CCOCCOCCOCCOCCN=C([O-])c1cnc[nH]1. The van der Waals surface area contributed by atoms with Gasteiger partial charge in [-0.15, -0.1) is 0 Å². The second-order valence-corrected chi connectivity index (χ2v) is 19.8. The van der Waals surface area contributed by atoms with Crippen LogP contribution in [0.5, 0.6) is 0 Å². The normalized spacial score (nSPS) is 12.8. The van der Waals surface area contributed by atoms with E-state index in [-0.39, 0.29) is 36.2 Å². The van der Waals surface area contributed by atoms with Crippen LogP contribution in [0.1, 0.15) is 239 Å². The van der Waals surface area contributed by atoms with Crippen molar-refractivity contribution in [3.05, 3.63) is 18.2 Å². The Morgan fingerprint density at radius 2 is 0.845 bits per heavy atom. The standard InChI is InChI=1S/C58H110N4O9/c1-5-9-13-17-19-27-35-53(33-25-15-11-7-3)57(64)70-41-31-23-21-29-38-62(40-44-67-46-48-69-50-49-68-47-45-66-43-37-60-56(63)55-51-59-52-61-55)39-30-22-24-32-42-71-58(65)54(34-26-16-12-8-4)36-28-20-18-14-10-6-2/h51-54H,5-50H2,1-4H3,(H,59,61)(H,60,63)/p-1. The molecule has 71 heavy (non-hydrogen) atoms. The summed E-state index contributed by atoms with van der Waals surface area (Å²) in [5.74, 6) is -0.140. The number of imidazole rings is 1. The maximum atomic E-state index is 13.1. The molecule has 1 aromatic rings. The Hall–Kier alpha value is -2.58. The van der Waals surface area contributed by atoms with Gasteiger partial charge in [0.1, 0.15) is 0 Å². The summed E-state index contributed by atoms with van der Waals surface area (Å²) in [5, 5.41) is 11.8. The summed E-state index contributed by atoms with van der Waals surface area (Å²) in [6, 6.07) is 0. The fraction of sp³-hybridized carbons (Fsp3) is 0.897. The first-order valence-electron chi connectivity index (χ1n) is 29.5. The fourth-order valence-corrected chi connectivity index (χ4v) is 8.86. The van der Waals surface area contributed by atoms with Crippen molar-refractivity contribution in [2.75, 3.05) is 92.2 Å². The third-order valence-electron chi connectivity index (χ3n) is 13.4. The molecule has 0 aliphatic heterocycles. The molecule has 0 amide bonds. The first-order chi connectivity index (χ1) is 35.0. The average Bonchev–Trinajstić information content (AvgIpc) is 3.93. The second-order valence-electron chi connectivity index (χ2n) is 19.8. The average molecular weight is 1010 g/mol. The van der Waals surface area contributed by atoms with E-state index in [1.807, 2.05) is 0 Å². The molecule has 1 N–H and O–H groups in total. The van der Waals surface area contributed by atoms with Gasteiger partial charge in [-0.05, 0) is 64.5 Å². The number of hydrogen-bond acceptors (Lipinski definition) is 12. The number of aromatic amines is 1. The number of unbranched alkanes of at least 4 members (excludes halogenated alkanes) is 22. The topological polar surface area (TPSA) is 157 Å². The molecule has 1 rings (SSSR count). The summed E-state index contributed by atoms with van der Waals surface area (Å²) in [6.07, 6.45) is 39.8.